The fourth-order valence-electron chi connectivity index (χ4n) is 2.08. The molecule has 0 heterocycles. The molecule has 1 rings (SSSR count). The molecule has 1 N–H and O–H groups in total. The fraction of sp³-hybridized carbons (Fsp3) is 0.600. The minimum absolute atomic E-state index is 0.227. The van der Waals surface area contributed by atoms with Crippen LogP contribution in [0.25, 0.3) is 0 Å². The molecule has 1 aromatic rings. The SMILES string of the molecule is CCNC(Cc1cc(Br)ccc1OC)C(C)(C)OC. The van der Waals surface area contributed by atoms with Crippen LogP contribution in [0, 0.1) is 0 Å². The minimum atomic E-state index is -0.233. The lowest BCUT2D eigenvalue weighted by Crippen LogP contribution is -2.49. The second-order valence-corrected chi connectivity index (χ2v) is 5.99. The zero-order valence-corrected chi connectivity index (χ0v) is 14.0. The van der Waals surface area contributed by atoms with Crippen molar-refractivity contribution in [2.24, 2.45) is 0 Å². The summed E-state index contributed by atoms with van der Waals surface area (Å²) >= 11 is 3.51. The van der Waals surface area contributed by atoms with Crippen molar-refractivity contribution in [3.63, 3.8) is 0 Å². The Labute approximate surface area is 124 Å². The number of methoxy groups -OCH3 is 2. The van der Waals surface area contributed by atoms with Gasteiger partial charge in [0.15, 0.2) is 0 Å². The van der Waals surface area contributed by atoms with Gasteiger partial charge in [-0.05, 0) is 50.6 Å². The van der Waals surface area contributed by atoms with Crippen LogP contribution in [0.3, 0.4) is 0 Å². The summed E-state index contributed by atoms with van der Waals surface area (Å²) in [6, 6.07) is 6.31. The molecule has 3 nitrogen and oxygen atoms in total. The Bertz CT molecular complexity index is 407. The van der Waals surface area contributed by atoms with Gasteiger partial charge in [-0.15, -0.1) is 0 Å². The van der Waals surface area contributed by atoms with Gasteiger partial charge in [-0.3, -0.25) is 0 Å². The highest BCUT2D eigenvalue weighted by Gasteiger charge is 2.29. The molecule has 0 aromatic heterocycles. The smallest absolute Gasteiger partial charge is 0.122 e. The molecule has 19 heavy (non-hydrogen) atoms. The fourth-order valence-corrected chi connectivity index (χ4v) is 2.49. The molecule has 108 valence electrons. The van der Waals surface area contributed by atoms with E-state index in [1.807, 2.05) is 12.1 Å². The van der Waals surface area contributed by atoms with Crippen molar-refractivity contribution in [3.8, 4) is 5.75 Å². The number of nitrogens with one attached hydrogen (secondary N) is 1. The summed E-state index contributed by atoms with van der Waals surface area (Å²) in [4.78, 5) is 0. The molecule has 0 aliphatic heterocycles. The van der Waals surface area contributed by atoms with E-state index in [-0.39, 0.29) is 11.6 Å². The third kappa shape index (κ3) is 4.48. The lowest BCUT2D eigenvalue weighted by molar-refractivity contribution is -0.00971. The van der Waals surface area contributed by atoms with E-state index in [0.29, 0.717) is 0 Å². The van der Waals surface area contributed by atoms with Crippen molar-refractivity contribution in [3.05, 3.63) is 28.2 Å². The molecule has 0 bridgehead atoms. The van der Waals surface area contributed by atoms with E-state index in [1.54, 1.807) is 14.2 Å². The number of likely N-dealkylation sites (N-methyl/N-ethyl adjacent to an activating group) is 1. The van der Waals surface area contributed by atoms with Gasteiger partial charge in [0.05, 0.1) is 12.7 Å². The van der Waals surface area contributed by atoms with Gasteiger partial charge < -0.3 is 14.8 Å². The normalized spacial score (nSPS) is 13.4. The average Bonchev–Trinajstić information content (AvgIpc) is 2.38. The highest BCUT2D eigenvalue weighted by atomic mass is 79.9. The Morgan fingerprint density at radius 3 is 2.53 bits per heavy atom. The number of ether oxygens (including phenoxy) is 2. The topological polar surface area (TPSA) is 30.5 Å². The molecule has 0 saturated heterocycles. The summed E-state index contributed by atoms with van der Waals surface area (Å²) in [6.07, 6.45) is 0.858. The van der Waals surface area contributed by atoms with Crippen LogP contribution >= 0.6 is 15.9 Å². The van der Waals surface area contributed by atoms with Gasteiger partial charge in [0.2, 0.25) is 0 Å². The maximum Gasteiger partial charge on any atom is 0.122 e. The minimum Gasteiger partial charge on any atom is -0.496 e. The number of halogens is 1. The van der Waals surface area contributed by atoms with Crippen LogP contribution in [0.2, 0.25) is 0 Å². The summed E-state index contributed by atoms with van der Waals surface area (Å²) in [6.45, 7) is 7.22. The molecule has 0 aliphatic rings. The zero-order chi connectivity index (χ0) is 14.5. The number of hydrogen-bond donors (Lipinski definition) is 1. The van der Waals surface area contributed by atoms with Crippen LogP contribution in [-0.4, -0.2) is 32.4 Å². The molecule has 1 atom stereocenters. The summed E-state index contributed by atoms with van der Waals surface area (Å²) in [7, 11) is 3.46. The van der Waals surface area contributed by atoms with Crippen molar-refractivity contribution < 1.29 is 9.47 Å². The first-order chi connectivity index (χ1) is 8.94. The number of rotatable bonds is 7. The summed E-state index contributed by atoms with van der Waals surface area (Å²) in [5, 5.41) is 3.50. The van der Waals surface area contributed by atoms with Crippen molar-refractivity contribution >= 4 is 15.9 Å². The Balaban J connectivity index is 2.99. The van der Waals surface area contributed by atoms with Crippen LogP contribution in [0.4, 0.5) is 0 Å². The van der Waals surface area contributed by atoms with Gasteiger partial charge in [-0.25, -0.2) is 0 Å². The molecular formula is C15H24BrNO2. The first kappa shape index (κ1) is 16.5. The highest BCUT2D eigenvalue weighted by Crippen LogP contribution is 2.27. The first-order valence-electron chi connectivity index (χ1n) is 6.55. The quantitative estimate of drug-likeness (QED) is 0.831. The van der Waals surface area contributed by atoms with Crippen molar-refractivity contribution in [1.82, 2.24) is 5.32 Å². The monoisotopic (exact) mass is 329 g/mol. The second-order valence-electron chi connectivity index (χ2n) is 5.08. The predicted molar refractivity (Wildman–Crippen MR) is 83.0 cm³/mol. The van der Waals surface area contributed by atoms with Gasteiger partial charge in [0.25, 0.3) is 0 Å². The summed E-state index contributed by atoms with van der Waals surface area (Å²) < 4.78 is 12.1. The molecule has 1 unspecified atom stereocenters. The van der Waals surface area contributed by atoms with Gasteiger partial charge in [-0.1, -0.05) is 22.9 Å². The molecule has 0 fully saturated rings. The van der Waals surface area contributed by atoms with Crippen LogP contribution in [0.5, 0.6) is 5.75 Å². The van der Waals surface area contributed by atoms with Gasteiger partial charge in [0.1, 0.15) is 5.75 Å². The van der Waals surface area contributed by atoms with Crippen molar-refractivity contribution in [1.29, 1.82) is 0 Å². The van der Waals surface area contributed by atoms with E-state index in [9.17, 15) is 0 Å². The standard InChI is InChI=1S/C15H24BrNO2/c1-6-17-14(15(2,3)19-5)10-11-9-12(16)7-8-13(11)18-4/h7-9,14,17H,6,10H2,1-5H3. The van der Waals surface area contributed by atoms with E-state index in [1.165, 1.54) is 5.56 Å². The highest BCUT2D eigenvalue weighted by molar-refractivity contribution is 9.10. The summed E-state index contributed by atoms with van der Waals surface area (Å²) in [5.74, 6) is 0.915. The van der Waals surface area contributed by atoms with Crippen molar-refractivity contribution in [2.75, 3.05) is 20.8 Å². The lowest BCUT2D eigenvalue weighted by atomic mass is 9.91. The number of hydrogen-bond acceptors (Lipinski definition) is 3. The van der Waals surface area contributed by atoms with Crippen LogP contribution in [0.15, 0.2) is 22.7 Å². The van der Waals surface area contributed by atoms with E-state index < -0.39 is 0 Å². The van der Waals surface area contributed by atoms with E-state index in [4.69, 9.17) is 9.47 Å². The van der Waals surface area contributed by atoms with Gasteiger partial charge in [-0.2, -0.15) is 0 Å². The molecule has 0 amide bonds. The van der Waals surface area contributed by atoms with Gasteiger partial charge in [0, 0.05) is 17.6 Å². The molecule has 4 heteroatoms. The predicted octanol–water partition coefficient (Wildman–Crippen LogP) is 3.40. The average molecular weight is 330 g/mol. The molecule has 0 radical (unpaired) electrons. The Morgan fingerprint density at radius 2 is 2.00 bits per heavy atom. The van der Waals surface area contributed by atoms with E-state index in [2.05, 4.69) is 48.1 Å². The van der Waals surface area contributed by atoms with Crippen LogP contribution < -0.4 is 10.1 Å². The second kappa shape index (κ2) is 7.27. The van der Waals surface area contributed by atoms with Gasteiger partial charge >= 0.3 is 0 Å². The maximum atomic E-state index is 5.61. The third-order valence-corrected chi connectivity index (χ3v) is 3.98. The largest absolute Gasteiger partial charge is 0.496 e. The van der Waals surface area contributed by atoms with Crippen molar-refractivity contribution in [2.45, 2.75) is 38.8 Å². The Morgan fingerprint density at radius 1 is 1.32 bits per heavy atom. The molecule has 1 aromatic carbocycles. The van der Waals surface area contributed by atoms with E-state index >= 15 is 0 Å². The molecule has 0 aliphatic carbocycles. The molecule has 0 spiro atoms. The zero-order valence-electron chi connectivity index (χ0n) is 12.4. The molecule has 0 saturated carbocycles. The van der Waals surface area contributed by atoms with Crippen LogP contribution in [-0.2, 0) is 11.2 Å². The molecular weight excluding hydrogens is 306 g/mol. The summed E-state index contributed by atoms with van der Waals surface area (Å²) in [5.41, 5.74) is 0.941. The Hall–Kier alpha value is -0.580. The van der Waals surface area contributed by atoms with Crippen LogP contribution in [0.1, 0.15) is 26.3 Å². The lowest BCUT2D eigenvalue weighted by Gasteiger charge is -2.34. The third-order valence-electron chi connectivity index (χ3n) is 3.48. The van der Waals surface area contributed by atoms with E-state index in [0.717, 1.165) is 23.2 Å². The first-order valence-corrected chi connectivity index (χ1v) is 7.34. The number of benzene rings is 1. The maximum absolute atomic E-state index is 5.61. The Kier molecular flexibility index (Phi) is 6.30.